The molecule has 0 atom stereocenters. The summed E-state index contributed by atoms with van der Waals surface area (Å²) in [7, 11) is 3.04. The number of anilines is 1. The van der Waals surface area contributed by atoms with E-state index in [4.69, 9.17) is 15.2 Å². The van der Waals surface area contributed by atoms with Crippen molar-refractivity contribution >= 4 is 11.7 Å². The van der Waals surface area contributed by atoms with Gasteiger partial charge >= 0.3 is 0 Å². The van der Waals surface area contributed by atoms with Crippen molar-refractivity contribution in [2.24, 2.45) is 0 Å². The molecule has 1 aromatic carbocycles. The summed E-state index contributed by atoms with van der Waals surface area (Å²) in [5.74, 6) is 0.902. The number of nitrogen functional groups attached to an aromatic ring is 1. The predicted octanol–water partition coefficient (Wildman–Crippen LogP) is 2.23. The van der Waals surface area contributed by atoms with Gasteiger partial charge in [0.2, 0.25) is 0 Å². The number of benzene rings is 1. The van der Waals surface area contributed by atoms with Crippen molar-refractivity contribution in [3.63, 3.8) is 0 Å². The van der Waals surface area contributed by atoms with Crippen molar-refractivity contribution < 1.29 is 14.3 Å². The molecule has 2 aromatic heterocycles. The zero-order chi connectivity index (χ0) is 17.1. The van der Waals surface area contributed by atoms with Crippen molar-refractivity contribution in [2.45, 2.75) is 0 Å². The van der Waals surface area contributed by atoms with Gasteiger partial charge in [0.25, 0.3) is 5.91 Å². The van der Waals surface area contributed by atoms with Crippen LogP contribution in [0.15, 0.2) is 48.8 Å². The van der Waals surface area contributed by atoms with Gasteiger partial charge in [-0.05, 0) is 30.3 Å². The molecule has 0 spiro atoms. The summed E-state index contributed by atoms with van der Waals surface area (Å²) in [5.41, 5.74) is 7.77. The minimum absolute atomic E-state index is 0.251. The normalized spacial score (nSPS) is 10.4. The number of pyridine rings is 1. The van der Waals surface area contributed by atoms with Crippen LogP contribution in [0, 0.1) is 0 Å². The third kappa shape index (κ3) is 2.79. The largest absolute Gasteiger partial charge is 0.493 e. The number of hydrogen-bond acceptors (Lipinski definition) is 6. The lowest BCUT2D eigenvalue weighted by Crippen LogP contribution is -2.16. The van der Waals surface area contributed by atoms with E-state index >= 15 is 0 Å². The lowest BCUT2D eigenvalue weighted by atomic mass is 10.2. The van der Waals surface area contributed by atoms with E-state index in [2.05, 4.69) is 10.1 Å². The molecule has 2 N–H and O–H groups in total. The third-order valence-corrected chi connectivity index (χ3v) is 3.54. The Kier molecular flexibility index (Phi) is 4.15. The molecule has 0 bridgehead atoms. The Morgan fingerprint density at radius 1 is 1.04 bits per heavy atom. The van der Waals surface area contributed by atoms with Crippen LogP contribution in [0.3, 0.4) is 0 Å². The van der Waals surface area contributed by atoms with Crippen LogP contribution >= 0.6 is 0 Å². The van der Waals surface area contributed by atoms with Crippen molar-refractivity contribution in [1.82, 2.24) is 14.8 Å². The monoisotopic (exact) mass is 324 g/mol. The van der Waals surface area contributed by atoms with Crippen LogP contribution in [0.4, 0.5) is 5.82 Å². The molecule has 0 radical (unpaired) electrons. The van der Waals surface area contributed by atoms with Crippen molar-refractivity contribution in [3.05, 3.63) is 54.4 Å². The van der Waals surface area contributed by atoms with Gasteiger partial charge in [-0.25, -0.2) is 0 Å². The quantitative estimate of drug-likeness (QED) is 0.791. The summed E-state index contributed by atoms with van der Waals surface area (Å²) < 4.78 is 11.6. The average Bonchev–Trinajstić information content (AvgIpc) is 3.03. The van der Waals surface area contributed by atoms with Gasteiger partial charge in [0.15, 0.2) is 11.5 Å². The number of carbonyl (C=O) groups excluding carboxylic acids is 1. The lowest BCUT2D eigenvalue weighted by molar-refractivity contribution is 0.0948. The van der Waals surface area contributed by atoms with Gasteiger partial charge in [0.05, 0.1) is 19.9 Å². The van der Waals surface area contributed by atoms with Gasteiger partial charge in [-0.2, -0.15) is 9.78 Å². The number of methoxy groups -OCH3 is 2. The molecule has 3 rings (SSSR count). The number of nitrogens with zero attached hydrogens (tertiary/aromatic N) is 3. The topological polar surface area (TPSA) is 92.3 Å². The van der Waals surface area contributed by atoms with Crippen molar-refractivity contribution in [1.29, 1.82) is 0 Å². The Morgan fingerprint density at radius 3 is 2.42 bits per heavy atom. The fourth-order valence-electron chi connectivity index (χ4n) is 2.31. The molecular formula is C17H16N4O3. The Hall–Kier alpha value is -3.35. The number of nitrogens with two attached hydrogens (primary N) is 1. The summed E-state index contributed by atoms with van der Waals surface area (Å²) in [4.78, 5) is 16.7. The van der Waals surface area contributed by atoms with Crippen LogP contribution in [-0.4, -0.2) is 34.9 Å². The van der Waals surface area contributed by atoms with E-state index in [0.29, 0.717) is 22.8 Å². The minimum Gasteiger partial charge on any atom is -0.493 e. The molecule has 7 heteroatoms. The second-order valence-corrected chi connectivity index (χ2v) is 4.98. The number of hydrogen-bond donors (Lipinski definition) is 1. The second kappa shape index (κ2) is 6.41. The summed E-state index contributed by atoms with van der Waals surface area (Å²) in [6, 6.07) is 10.1. The first kappa shape index (κ1) is 15.5. The summed E-state index contributed by atoms with van der Waals surface area (Å²) in [5, 5.41) is 4.30. The maximum absolute atomic E-state index is 12.7. The van der Waals surface area contributed by atoms with Gasteiger partial charge in [-0.3, -0.25) is 9.78 Å². The highest BCUT2D eigenvalue weighted by molar-refractivity contribution is 5.98. The van der Waals surface area contributed by atoms with Gasteiger partial charge in [0, 0.05) is 29.6 Å². The van der Waals surface area contributed by atoms with E-state index < -0.39 is 0 Å². The van der Waals surface area contributed by atoms with Gasteiger partial charge in [-0.15, -0.1) is 0 Å². The van der Waals surface area contributed by atoms with Crippen LogP contribution in [-0.2, 0) is 0 Å². The fraction of sp³-hybridized carbons (Fsp3) is 0.118. The predicted molar refractivity (Wildman–Crippen MR) is 89.1 cm³/mol. The molecule has 3 aromatic rings. The SMILES string of the molecule is COc1ccc(C(=O)n2nc(-c3ccncc3)cc2N)cc1OC. The molecule has 0 fully saturated rings. The van der Waals surface area contributed by atoms with Crippen LogP contribution in [0.25, 0.3) is 11.3 Å². The number of carbonyl (C=O) groups is 1. The van der Waals surface area contributed by atoms with Gasteiger partial charge < -0.3 is 15.2 Å². The highest BCUT2D eigenvalue weighted by Gasteiger charge is 2.17. The first-order valence-electron chi connectivity index (χ1n) is 7.16. The fourth-order valence-corrected chi connectivity index (χ4v) is 2.31. The zero-order valence-electron chi connectivity index (χ0n) is 13.3. The maximum Gasteiger partial charge on any atom is 0.280 e. The standard InChI is InChI=1S/C17H16N4O3/c1-23-14-4-3-12(9-15(14)24-2)17(22)21-16(18)10-13(20-21)11-5-7-19-8-6-11/h3-10H,18H2,1-2H3. The van der Waals surface area contributed by atoms with Crippen LogP contribution in [0.2, 0.25) is 0 Å². The molecule has 2 heterocycles. The molecule has 122 valence electrons. The van der Waals surface area contributed by atoms with Crippen molar-refractivity contribution in [3.8, 4) is 22.8 Å². The average molecular weight is 324 g/mol. The second-order valence-electron chi connectivity index (χ2n) is 4.98. The number of ether oxygens (including phenoxy) is 2. The lowest BCUT2D eigenvalue weighted by Gasteiger charge is -2.09. The molecule has 0 saturated heterocycles. The zero-order valence-corrected chi connectivity index (χ0v) is 13.3. The van der Waals surface area contributed by atoms with Crippen molar-refractivity contribution in [2.75, 3.05) is 20.0 Å². The number of rotatable bonds is 4. The summed E-state index contributed by atoms with van der Waals surface area (Å²) in [6.07, 6.45) is 3.31. The van der Waals surface area contributed by atoms with Crippen LogP contribution < -0.4 is 15.2 Å². The first-order chi connectivity index (χ1) is 11.6. The summed E-state index contributed by atoms with van der Waals surface area (Å²) in [6.45, 7) is 0. The van der Waals surface area contributed by atoms with E-state index in [9.17, 15) is 4.79 Å². The summed E-state index contributed by atoms with van der Waals surface area (Å²) >= 11 is 0. The van der Waals surface area contributed by atoms with E-state index in [1.165, 1.54) is 14.2 Å². The van der Waals surface area contributed by atoms with E-state index in [1.807, 2.05) is 0 Å². The smallest absolute Gasteiger partial charge is 0.280 e. The molecule has 0 saturated carbocycles. The van der Waals surface area contributed by atoms with Crippen LogP contribution in [0.5, 0.6) is 11.5 Å². The molecule has 0 aliphatic carbocycles. The maximum atomic E-state index is 12.7. The minimum atomic E-state index is -0.353. The van der Waals surface area contributed by atoms with Gasteiger partial charge in [-0.1, -0.05) is 0 Å². The Bertz CT molecular complexity index is 875. The molecule has 0 aliphatic heterocycles. The highest BCUT2D eigenvalue weighted by atomic mass is 16.5. The third-order valence-electron chi connectivity index (χ3n) is 3.54. The molecule has 7 nitrogen and oxygen atoms in total. The van der Waals surface area contributed by atoms with E-state index in [0.717, 1.165) is 10.2 Å². The first-order valence-corrected chi connectivity index (χ1v) is 7.16. The van der Waals surface area contributed by atoms with Crippen LogP contribution in [0.1, 0.15) is 10.4 Å². The van der Waals surface area contributed by atoms with Gasteiger partial charge in [0.1, 0.15) is 5.82 Å². The molecular weight excluding hydrogens is 308 g/mol. The highest BCUT2D eigenvalue weighted by Crippen LogP contribution is 2.28. The Morgan fingerprint density at radius 2 is 1.75 bits per heavy atom. The molecule has 24 heavy (non-hydrogen) atoms. The molecule has 0 aliphatic rings. The van der Waals surface area contributed by atoms with E-state index in [1.54, 1.807) is 48.8 Å². The Labute approximate surface area is 138 Å². The number of aromatic nitrogens is 3. The Balaban J connectivity index is 1.98. The molecule has 0 unspecified atom stereocenters. The van der Waals surface area contributed by atoms with E-state index in [-0.39, 0.29) is 11.7 Å². The molecule has 0 amide bonds.